The second-order valence-corrected chi connectivity index (χ2v) is 23.5. The van der Waals surface area contributed by atoms with Crippen LogP contribution in [-0.2, 0) is 52.7 Å². The van der Waals surface area contributed by atoms with Crippen LogP contribution >= 0.6 is 0 Å². The number of carbonyl (C=O) groups is 11. The van der Waals surface area contributed by atoms with E-state index in [4.69, 9.17) is 0 Å². The number of aliphatic hydroxyl groups is 1. The summed E-state index contributed by atoms with van der Waals surface area (Å²) in [5, 5.41) is 22.8. The van der Waals surface area contributed by atoms with Gasteiger partial charge in [-0.25, -0.2) is 0 Å². The Morgan fingerprint density at radius 3 is 1.51 bits per heavy atom. The number of nitrogens with one attached hydrogen (secondary N) is 4. The summed E-state index contributed by atoms with van der Waals surface area (Å²) in [6.07, 6.45) is 2.76. The summed E-state index contributed by atoms with van der Waals surface area (Å²) in [6, 6.07) is -11.0. The minimum Gasteiger partial charge on any atom is -0.390 e. The van der Waals surface area contributed by atoms with Crippen LogP contribution < -0.4 is 21.3 Å². The predicted octanol–water partition coefficient (Wildman–Crippen LogP) is 2.21. The van der Waals surface area contributed by atoms with E-state index in [-0.39, 0.29) is 31.1 Å². The number of ketones is 1. The fourth-order valence-corrected chi connectivity index (χ4v) is 9.71. The molecule has 5 N–H and O–H groups in total. The fraction of sp³-hybridized carbons (Fsp3) is 0.772. The van der Waals surface area contributed by atoms with E-state index in [9.17, 15) is 57.8 Å². The lowest BCUT2D eigenvalue weighted by Gasteiger charge is -2.40. The zero-order chi connectivity index (χ0) is 61.4. The van der Waals surface area contributed by atoms with Gasteiger partial charge in [0.1, 0.15) is 48.3 Å². The van der Waals surface area contributed by atoms with Gasteiger partial charge < -0.3 is 55.8 Å². The number of likely N-dealkylation sites (N-methyl/N-ethyl adjacent to an activating group) is 6. The van der Waals surface area contributed by atoms with E-state index in [1.54, 1.807) is 60.6 Å². The highest BCUT2D eigenvalue weighted by Crippen LogP contribution is 2.25. The highest BCUT2D eigenvalue weighted by atomic mass is 16.3. The molecule has 450 valence electrons. The Kier molecular flexibility index (Phi) is 28.6. The van der Waals surface area contributed by atoms with E-state index < -0.39 is 161 Å². The molecule has 0 aliphatic carbocycles. The molecule has 0 bridgehead atoms. The Labute approximate surface area is 471 Å². The van der Waals surface area contributed by atoms with Crippen molar-refractivity contribution in [2.45, 2.75) is 197 Å². The standard InChI is InChI=1S/C57H100N10O12/c1-23-25-26-34(11)47(69)46-52(74)60-40(24-2)55(77)62(17)29-43(68)64(19)41(27-30(3)4)51(73)61-44(32(7)8)56(78)65(20)42(28-31(5)6)50(72)58-37(14)49(71)59-38(15)54(76)63(18)39(16)48(70)35(12)36(13)53(75)66(21)45(33(9)10)57(79)67(46)22/h23,25,30-42,44-47,69H,24,26-29H2,1-22H3,(H,58,72)(H,59,71)(H,60,74)(H,61,73). The van der Waals surface area contributed by atoms with Gasteiger partial charge in [-0.3, -0.25) is 52.7 Å². The summed E-state index contributed by atoms with van der Waals surface area (Å²) in [5.41, 5.74) is 0. The molecule has 79 heavy (non-hydrogen) atoms. The Hall–Kier alpha value is -5.93. The monoisotopic (exact) mass is 1120 g/mol. The maximum absolute atomic E-state index is 14.8. The smallest absolute Gasteiger partial charge is 0.246 e. The molecular weight excluding hydrogens is 1020 g/mol. The van der Waals surface area contributed by atoms with Gasteiger partial charge in [0.15, 0.2) is 5.78 Å². The van der Waals surface area contributed by atoms with Crippen molar-refractivity contribution in [2.75, 3.05) is 48.8 Å². The first-order valence-corrected chi connectivity index (χ1v) is 28.0. The lowest BCUT2D eigenvalue weighted by atomic mass is 9.86. The second kappa shape index (κ2) is 31.8. The number of amides is 10. The van der Waals surface area contributed by atoms with Crippen LogP contribution in [-0.4, -0.2) is 209 Å². The predicted molar refractivity (Wildman–Crippen MR) is 302 cm³/mol. The van der Waals surface area contributed by atoms with Crippen LogP contribution in [0.1, 0.15) is 136 Å². The van der Waals surface area contributed by atoms with Crippen molar-refractivity contribution in [3.8, 4) is 0 Å². The molecule has 1 heterocycles. The molecule has 13 atom stereocenters. The number of aliphatic hydroxyl groups excluding tert-OH is 1. The van der Waals surface area contributed by atoms with Crippen LogP contribution in [0, 0.1) is 41.4 Å². The number of hydrogen-bond acceptors (Lipinski definition) is 12. The van der Waals surface area contributed by atoms with Gasteiger partial charge in [0.05, 0.1) is 18.7 Å². The third kappa shape index (κ3) is 19.1. The largest absolute Gasteiger partial charge is 0.390 e. The average Bonchev–Trinajstić information content (AvgIpc) is 3.38. The molecule has 10 amide bonds. The van der Waals surface area contributed by atoms with Crippen molar-refractivity contribution >= 4 is 64.9 Å². The van der Waals surface area contributed by atoms with Crippen LogP contribution in [0.15, 0.2) is 12.2 Å². The molecule has 22 heteroatoms. The second-order valence-electron chi connectivity index (χ2n) is 23.5. The third-order valence-corrected chi connectivity index (χ3v) is 15.4. The van der Waals surface area contributed by atoms with Crippen molar-refractivity contribution in [3.63, 3.8) is 0 Å². The highest BCUT2D eigenvalue weighted by Gasteiger charge is 2.45. The van der Waals surface area contributed by atoms with Crippen LogP contribution in [0.25, 0.3) is 0 Å². The topological polar surface area (TPSA) is 276 Å². The van der Waals surface area contributed by atoms with Crippen LogP contribution in [0.3, 0.4) is 0 Å². The van der Waals surface area contributed by atoms with Crippen molar-refractivity contribution in [3.05, 3.63) is 12.2 Å². The lowest BCUT2D eigenvalue weighted by molar-refractivity contribution is -0.155. The summed E-state index contributed by atoms with van der Waals surface area (Å²) < 4.78 is 0. The SMILES string of the molecule is CC=CCC(C)C(O)C1C(=O)NC(CC)C(=O)N(C)CC(=O)N(C)C(CC(C)C)C(=O)NC(C(C)C)C(=O)N(C)C(CC(C)C)C(=O)NC(C)C(=O)NC(C)C(=O)N(C)C(C)C(=O)C(C)C(C)C(=O)N(C)C(C(C)C)C(=O)N1C. The van der Waals surface area contributed by atoms with Gasteiger partial charge in [-0.05, 0) is 83.0 Å². The van der Waals surface area contributed by atoms with E-state index in [0.717, 1.165) is 14.7 Å². The lowest BCUT2D eigenvalue weighted by Crippen LogP contribution is -2.62. The summed E-state index contributed by atoms with van der Waals surface area (Å²) in [6.45, 7) is 26.3. The third-order valence-electron chi connectivity index (χ3n) is 15.4. The molecule has 0 aromatic carbocycles. The maximum Gasteiger partial charge on any atom is 0.246 e. The summed E-state index contributed by atoms with van der Waals surface area (Å²) in [7, 11) is 8.34. The number of hydrogen-bond donors (Lipinski definition) is 5. The zero-order valence-corrected chi connectivity index (χ0v) is 51.6. The zero-order valence-electron chi connectivity index (χ0n) is 51.6. The van der Waals surface area contributed by atoms with Gasteiger partial charge in [-0.15, -0.1) is 0 Å². The Balaban J connectivity index is 4.11. The quantitative estimate of drug-likeness (QED) is 0.187. The number of Topliss-reactive ketones (excluding diaryl/α,β-unsaturated/α-hetero) is 1. The Morgan fingerprint density at radius 1 is 0.532 bits per heavy atom. The first-order valence-electron chi connectivity index (χ1n) is 28.0. The highest BCUT2D eigenvalue weighted by molar-refractivity contribution is 5.99. The first kappa shape index (κ1) is 71.1. The summed E-state index contributed by atoms with van der Waals surface area (Å²) >= 11 is 0. The number of rotatable bonds is 11. The van der Waals surface area contributed by atoms with Crippen molar-refractivity contribution in [1.29, 1.82) is 0 Å². The van der Waals surface area contributed by atoms with Crippen molar-refractivity contribution in [1.82, 2.24) is 50.7 Å². The van der Waals surface area contributed by atoms with E-state index in [2.05, 4.69) is 21.3 Å². The molecule has 1 aliphatic heterocycles. The normalized spacial score (nSPS) is 28.8. The number of nitrogens with zero attached hydrogens (tertiary/aromatic N) is 6. The molecule has 1 fully saturated rings. The molecule has 1 aliphatic rings. The van der Waals surface area contributed by atoms with Gasteiger partial charge in [-0.1, -0.05) is 95.2 Å². The van der Waals surface area contributed by atoms with E-state index in [1.165, 1.54) is 91.6 Å². The maximum atomic E-state index is 14.8. The van der Waals surface area contributed by atoms with E-state index >= 15 is 0 Å². The first-order chi connectivity index (χ1) is 36.4. The fourth-order valence-electron chi connectivity index (χ4n) is 9.71. The van der Waals surface area contributed by atoms with Crippen molar-refractivity contribution in [2.24, 2.45) is 41.4 Å². The van der Waals surface area contributed by atoms with Crippen LogP contribution in [0.2, 0.25) is 0 Å². The van der Waals surface area contributed by atoms with Gasteiger partial charge in [0.2, 0.25) is 59.1 Å². The van der Waals surface area contributed by atoms with Gasteiger partial charge in [-0.2, -0.15) is 0 Å². The molecule has 1 rings (SSSR count). The van der Waals surface area contributed by atoms with Crippen LogP contribution in [0.4, 0.5) is 0 Å². The molecule has 0 aromatic heterocycles. The van der Waals surface area contributed by atoms with Gasteiger partial charge in [0, 0.05) is 54.1 Å². The molecule has 0 radical (unpaired) electrons. The molecule has 22 nitrogen and oxygen atoms in total. The Bertz CT molecular complexity index is 2180. The summed E-state index contributed by atoms with van der Waals surface area (Å²) in [4.78, 5) is 164. The summed E-state index contributed by atoms with van der Waals surface area (Å²) in [5.74, 6) is -11.3. The van der Waals surface area contributed by atoms with Gasteiger partial charge >= 0.3 is 0 Å². The van der Waals surface area contributed by atoms with Gasteiger partial charge in [0.25, 0.3) is 0 Å². The number of allylic oxidation sites excluding steroid dienone is 2. The molecular formula is C57H100N10O12. The molecule has 13 unspecified atom stereocenters. The minimum absolute atomic E-state index is 0.0287. The minimum atomic E-state index is -1.59. The molecule has 0 spiro atoms. The Morgan fingerprint density at radius 2 is 1.03 bits per heavy atom. The molecule has 1 saturated heterocycles. The molecule has 0 aromatic rings. The van der Waals surface area contributed by atoms with E-state index in [1.807, 2.05) is 27.7 Å². The average molecular weight is 1120 g/mol. The van der Waals surface area contributed by atoms with Crippen molar-refractivity contribution < 1.29 is 57.8 Å². The number of carbonyl (C=O) groups excluding carboxylic acids is 11. The molecule has 0 saturated carbocycles. The van der Waals surface area contributed by atoms with E-state index in [0.29, 0.717) is 6.42 Å². The van der Waals surface area contributed by atoms with Crippen LogP contribution in [0.5, 0.6) is 0 Å².